The van der Waals surface area contributed by atoms with Crippen LogP contribution in [0, 0.1) is 10.8 Å². The summed E-state index contributed by atoms with van der Waals surface area (Å²) in [6.45, 7) is 3.85. The Bertz CT molecular complexity index is 755. The molecule has 2 aliphatic carbocycles. The summed E-state index contributed by atoms with van der Waals surface area (Å²) < 4.78 is 5.24. The zero-order valence-electron chi connectivity index (χ0n) is 14.1. The summed E-state index contributed by atoms with van der Waals surface area (Å²) in [5, 5.41) is 22.3. The molecule has 0 fully saturated rings. The molecule has 1 heterocycles. The number of aliphatic hydroxyl groups is 1. The van der Waals surface area contributed by atoms with Gasteiger partial charge in [0.25, 0.3) is 0 Å². The second-order valence-electron chi connectivity index (χ2n) is 7.45. The molecule has 0 radical (unpaired) electrons. The first-order valence-corrected chi connectivity index (χ1v) is 8.32. The van der Waals surface area contributed by atoms with Gasteiger partial charge in [0.2, 0.25) is 0 Å². The predicted octanol–water partition coefficient (Wildman–Crippen LogP) is 3.35. The first kappa shape index (κ1) is 16.6. The van der Waals surface area contributed by atoms with E-state index in [2.05, 4.69) is 5.16 Å². The van der Waals surface area contributed by atoms with Crippen LogP contribution in [0.2, 0.25) is 0 Å². The highest BCUT2D eigenvalue weighted by molar-refractivity contribution is 6.22. The fraction of sp³-hybridized carbons (Fsp3) is 0.556. The second kappa shape index (κ2) is 6.00. The van der Waals surface area contributed by atoms with E-state index in [4.69, 9.17) is 9.93 Å². The lowest BCUT2D eigenvalue weighted by Crippen LogP contribution is -2.29. The molecule has 3 rings (SSSR count). The van der Waals surface area contributed by atoms with Crippen molar-refractivity contribution in [2.75, 3.05) is 0 Å². The maximum Gasteiger partial charge on any atom is 0.168 e. The van der Waals surface area contributed by atoms with Crippen LogP contribution < -0.4 is 0 Å². The van der Waals surface area contributed by atoms with E-state index in [0.29, 0.717) is 49.1 Å². The molecule has 1 aromatic rings. The summed E-state index contributed by atoms with van der Waals surface area (Å²) in [6.07, 6.45) is 3.32. The Balaban J connectivity index is 1.74. The Morgan fingerprint density at radius 2 is 2.00 bits per heavy atom. The van der Waals surface area contributed by atoms with Gasteiger partial charge in [-0.25, -0.2) is 0 Å². The molecule has 6 nitrogen and oxygen atoms in total. The fourth-order valence-electron chi connectivity index (χ4n) is 3.55. The molecule has 0 spiro atoms. The number of aryl methyl sites for hydroxylation is 2. The van der Waals surface area contributed by atoms with E-state index in [1.807, 2.05) is 13.8 Å². The minimum atomic E-state index is -0.275. The third kappa shape index (κ3) is 3.05. The molecule has 0 bridgehead atoms. The van der Waals surface area contributed by atoms with E-state index in [1.165, 1.54) is 0 Å². The van der Waals surface area contributed by atoms with Crippen LogP contribution in [-0.2, 0) is 17.6 Å². The van der Waals surface area contributed by atoms with Gasteiger partial charge in [-0.1, -0.05) is 19.0 Å². The van der Waals surface area contributed by atoms with Crippen molar-refractivity contribution in [3.05, 3.63) is 28.3 Å². The molecule has 0 saturated carbocycles. The Kier molecular flexibility index (Phi) is 4.15. The van der Waals surface area contributed by atoms with Gasteiger partial charge in [0.1, 0.15) is 11.5 Å². The third-order valence-corrected chi connectivity index (χ3v) is 4.69. The van der Waals surface area contributed by atoms with E-state index < -0.39 is 0 Å². The number of nitrogens with zero attached hydrogens (tertiary/aromatic N) is 1. The molecule has 2 N–H and O–H groups in total. The first-order valence-electron chi connectivity index (χ1n) is 8.32. The average molecular weight is 330 g/mol. The average Bonchev–Trinajstić information content (AvgIpc) is 2.87. The molecule has 0 saturated heterocycles. The van der Waals surface area contributed by atoms with Crippen LogP contribution in [0.4, 0.5) is 0 Å². The van der Waals surface area contributed by atoms with Crippen LogP contribution in [0.5, 0.6) is 0 Å². The number of hydrogen-bond acceptors (Lipinski definition) is 6. The van der Waals surface area contributed by atoms with Gasteiger partial charge in [-0.05, 0) is 24.7 Å². The van der Waals surface area contributed by atoms with Gasteiger partial charge < -0.3 is 15.0 Å². The van der Waals surface area contributed by atoms with Crippen LogP contribution in [0.3, 0.4) is 0 Å². The van der Waals surface area contributed by atoms with Crippen molar-refractivity contribution in [2.24, 2.45) is 5.41 Å². The number of allylic oxidation sites excluding steroid dienone is 2. The molecule has 0 atom stereocenters. The summed E-state index contributed by atoms with van der Waals surface area (Å²) in [7, 11) is 0. The number of carbonyl (C=O) groups excluding carboxylic acids is 2. The quantitative estimate of drug-likeness (QED) is 0.824. The van der Waals surface area contributed by atoms with E-state index in [1.54, 1.807) is 0 Å². The summed E-state index contributed by atoms with van der Waals surface area (Å²) in [5.74, 6) is 0.480. The zero-order valence-corrected chi connectivity index (χ0v) is 14.1. The van der Waals surface area contributed by atoms with E-state index in [-0.39, 0.29) is 40.4 Å². The smallest absolute Gasteiger partial charge is 0.168 e. The number of carbonyl (C=O) groups is 2. The van der Waals surface area contributed by atoms with Crippen LogP contribution >= 0.6 is 0 Å². The fourth-order valence-corrected chi connectivity index (χ4v) is 3.55. The molecular weight excluding hydrogens is 308 g/mol. The molecular formula is C18H22N2O4. The SMILES string of the molecule is CC1(C)CC(=O)C(C(=N)CCc2noc3c2C(=O)CCC3)=C(O)C1. The highest BCUT2D eigenvalue weighted by Crippen LogP contribution is 2.36. The normalized spacial score (nSPS) is 20.2. The van der Waals surface area contributed by atoms with Crippen LogP contribution in [-0.4, -0.2) is 27.5 Å². The van der Waals surface area contributed by atoms with E-state index >= 15 is 0 Å². The van der Waals surface area contributed by atoms with Crippen LogP contribution in [0.1, 0.15) is 67.8 Å². The molecule has 0 unspecified atom stereocenters. The van der Waals surface area contributed by atoms with Gasteiger partial charge in [0.05, 0.1) is 16.8 Å². The summed E-state index contributed by atoms with van der Waals surface area (Å²) >= 11 is 0. The molecule has 2 aliphatic rings. The number of nitrogens with one attached hydrogen (secondary N) is 1. The van der Waals surface area contributed by atoms with Crippen LogP contribution in [0.15, 0.2) is 15.9 Å². The number of aromatic nitrogens is 1. The lowest BCUT2D eigenvalue weighted by Gasteiger charge is -2.29. The van der Waals surface area contributed by atoms with Gasteiger partial charge in [-0.15, -0.1) is 0 Å². The molecule has 24 heavy (non-hydrogen) atoms. The minimum absolute atomic E-state index is 0.000455. The summed E-state index contributed by atoms with van der Waals surface area (Å²) in [6, 6.07) is 0. The van der Waals surface area contributed by atoms with Crippen molar-refractivity contribution in [3.8, 4) is 0 Å². The highest BCUT2D eigenvalue weighted by atomic mass is 16.5. The second-order valence-corrected chi connectivity index (χ2v) is 7.45. The van der Waals surface area contributed by atoms with E-state index in [9.17, 15) is 14.7 Å². The maximum absolute atomic E-state index is 12.3. The summed E-state index contributed by atoms with van der Waals surface area (Å²) in [4.78, 5) is 24.3. The maximum atomic E-state index is 12.3. The van der Waals surface area contributed by atoms with Gasteiger partial charge in [0, 0.05) is 31.4 Å². The van der Waals surface area contributed by atoms with Crippen LogP contribution in [0.25, 0.3) is 0 Å². The molecule has 128 valence electrons. The van der Waals surface area contributed by atoms with Gasteiger partial charge in [-0.2, -0.15) is 0 Å². The van der Waals surface area contributed by atoms with Gasteiger partial charge >= 0.3 is 0 Å². The topological polar surface area (TPSA) is 104 Å². The highest BCUT2D eigenvalue weighted by Gasteiger charge is 2.35. The van der Waals surface area contributed by atoms with Crippen molar-refractivity contribution in [1.82, 2.24) is 5.16 Å². The number of hydrogen-bond donors (Lipinski definition) is 2. The Morgan fingerprint density at radius 3 is 2.71 bits per heavy atom. The molecule has 0 aliphatic heterocycles. The monoisotopic (exact) mass is 330 g/mol. The first-order chi connectivity index (χ1) is 11.3. The number of Topliss-reactive ketones (excluding diaryl/α,β-unsaturated/α-hetero) is 2. The number of aliphatic hydroxyl groups excluding tert-OH is 1. The Morgan fingerprint density at radius 1 is 1.25 bits per heavy atom. The molecule has 6 heteroatoms. The number of rotatable bonds is 4. The van der Waals surface area contributed by atoms with Gasteiger partial charge in [0.15, 0.2) is 11.6 Å². The minimum Gasteiger partial charge on any atom is -0.511 e. The largest absolute Gasteiger partial charge is 0.511 e. The molecule has 0 amide bonds. The standard InChI is InChI=1S/C18H22N2O4/c1-18(2)8-13(22)16(14(23)9-18)10(19)6-7-11-17-12(21)4-3-5-15(17)24-20-11/h19,22H,3-9H2,1-2H3. The molecule has 0 aromatic carbocycles. The summed E-state index contributed by atoms with van der Waals surface area (Å²) in [5.41, 5.74) is 1.08. The predicted molar refractivity (Wildman–Crippen MR) is 87.5 cm³/mol. The van der Waals surface area contributed by atoms with Crippen molar-refractivity contribution in [2.45, 2.75) is 58.8 Å². The lowest BCUT2D eigenvalue weighted by atomic mass is 9.75. The Hall–Kier alpha value is -2.24. The Labute approximate surface area is 140 Å². The zero-order chi connectivity index (χ0) is 17.5. The third-order valence-electron chi connectivity index (χ3n) is 4.69. The molecule has 1 aromatic heterocycles. The van der Waals surface area contributed by atoms with Crippen molar-refractivity contribution < 1.29 is 19.2 Å². The van der Waals surface area contributed by atoms with Crippen molar-refractivity contribution >= 4 is 17.3 Å². The lowest BCUT2D eigenvalue weighted by molar-refractivity contribution is -0.118. The van der Waals surface area contributed by atoms with Crippen molar-refractivity contribution in [3.63, 3.8) is 0 Å². The number of ketones is 2. The number of fused-ring (bicyclic) bond motifs is 1. The van der Waals surface area contributed by atoms with E-state index in [0.717, 1.165) is 6.42 Å². The van der Waals surface area contributed by atoms with Crippen molar-refractivity contribution in [1.29, 1.82) is 5.41 Å². The van der Waals surface area contributed by atoms with Gasteiger partial charge in [-0.3, -0.25) is 9.59 Å².